The first-order valence-electron chi connectivity index (χ1n) is 6.54. The van der Waals surface area contributed by atoms with Crippen LogP contribution in [0.3, 0.4) is 0 Å². The second kappa shape index (κ2) is 5.58. The topological polar surface area (TPSA) is 55.1 Å². The molecule has 1 atom stereocenters. The Morgan fingerprint density at radius 2 is 2.05 bits per heavy atom. The summed E-state index contributed by atoms with van der Waals surface area (Å²) >= 11 is 8.37. The largest absolute Gasteiger partial charge is 0.389 e. The van der Waals surface area contributed by atoms with Gasteiger partial charge >= 0.3 is 0 Å². The van der Waals surface area contributed by atoms with Crippen molar-refractivity contribution >= 4 is 44.7 Å². The van der Waals surface area contributed by atoms with Gasteiger partial charge in [0, 0.05) is 10.0 Å². The standard InChI is InChI=1S/C16H13BrN2OS/c17-13-8-10(15(18)21)5-6-14(13)19-16(20)12-7-9-3-1-2-4-11(9)12/h1-6,8,12H,7H2,(H2,18,21)(H,19,20). The van der Waals surface area contributed by atoms with Crippen LogP contribution < -0.4 is 11.1 Å². The quantitative estimate of drug-likeness (QED) is 0.825. The summed E-state index contributed by atoms with van der Waals surface area (Å²) in [6.45, 7) is 0. The van der Waals surface area contributed by atoms with E-state index in [0.29, 0.717) is 4.99 Å². The van der Waals surface area contributed by atoms with E-state index in [1.54, 1.807) is 12.1 Å². The maximum Gasteiger partial charge on any atom is 0.232 e. The number of benzene rings is 2. The lowest BCUT2D eigenvalue weighted by molar-refractivity contribution is -0.118. The highest BCUT2D eigenvalue weighted by Gasteiger charge is 2.31. The van der Waals surface area contributed by atoms with E-state index in [-0.39, 0.29) is 11.8 Å². The average Bonchev–Trinajstić information content (AvgIpc) is 2.42. The molecule has 3 nitrogen and oxygen atoms in total. The first-order chi connectivity index (χ1) is 10.1. The Morgan fingerprint density at radius 1 is 1.29 bits per heavy atom. The summed E-state index contributed by atoms with van der Waals surface area (Å²) in [4.78, 5) is 12.7. The van der Waals surface area contributed by atoms with Crippen LogP contribution in [0.15, 0.2) is 46.9 Å². The fourth-order valence-corrected chi connectivity index (χ4v) is 3.09. The Morgan fingerprint density at radius 3 is 2.71 bits per heavy atom. The van der Waals surface area contributed by atoms with Crippen LogP contribution in [0.1, 0.15) is 22.6 Å². The third-order valence-electron chi connectivity index (χ3n) is 3.68. The molecule has 0 fully saturated rings. The number of carbonyl (C=O) groups excluding carboxylic acids is 1. The molecule has 1 aliphatic rings. The lowest BCUT2D eigenvalue weighted by Crippen LogP contribution is -2.30. The van der Waals surface area contributed by atoms with E-state index in [4.69, 9.17) is 18.0 Å². The summed E-state index contributed by atoms with van der Waals surface area (Å²) in [7, 11) is 0. The molecule has 106 valence electrons. The van der Waals surface area contributed by atoms with Crippen molar-refractivity contribution in [1.82, 2.24) is 0 Å². The maximum absolute atomic E-state index is 12.3. The van der Waals surface area contributed by atoms with E-state index in [9.17, 15) is 4.79 Å². The predicted octanol–water partition coefficient (Wildman–Crippen LogP) is 3.36. The second-order valence-corrected chi connectivity index (χ2v) is 6.30. The molecule has 21 heavy (non-hydrogen) atoms. The average molecular weight is 361 g/mol. The number of anilines is 1. The molecule has 5 heteroatoms. The molecule has 1 amide bonds. The molecule has 1 aliphatic carbocycles. The molecule has 0 bridgehead atoms. The SMILES string of the molecule is NC(=S)c1ccc(NC(=O)C2Cc3ccccc32)c(Br)c1. The summed E-state index contributed by atoms with van der Waals surface area (Å²) in [6, 6.07) is 13.5. The Bertz CT molecular complexity index is 745. The molecule has 0 saturated carbocycles. The van der Waals surface area contributed by atoms with Crippen LogP contribution in [0, 0.1) is 0 Å². The second-order valence-electron chi connectivity index (χ2n) is 5.00. The first kappa shape index (κ1) is 14.2. The van der Waals surface area contributed by atoms with Crippen molar-refractivity contribution in [3.05, 3.63) is 63.6 Å². The molecule has 3 rings (SSSR count). The van der Waals surface area contributed by atoms with Crippen molar-refractivity contribution < 1.29 is 4.79 Å². The van der Waals surface area contributed by atoms with E-state index >= 15 is 0 Å². The lowest BCUT2D eigenvalue weighted by Gasteiger charge is -2.29. The van der Waals surface area contributed by atoms with Crippen LogP contribution in [0.4, 0.5) is 5.69 Å². The summed E-state index contributed by atoms with van der Waals surface area (Å²) < 4.78 is 0.772. The number of hydrogen-bond donors (Lipinski definition) is 2. The minimum Gasteiger partial charge on any atom is -0.389 e. The van der Waals surface area contributed by atoms with Gasteiger partial charge in [-0.3, -0.25) is 4.79 Å². The minimum absolute atomic E-state index is 0.0116. The smallest absolute Gasteiger partial charge is 0.232 e. The number of thiocarbonyl (C=S) groups is 1. The Kier molecular flexibility index (Phi) is 3.78. The molecule has 0 saturated heterocycles. The molecular formula is C16H13BrN2OS. The fourth-order valence-electron chi connectivity index (χ4n) is 2.48. The lowest BCUT2D eigenvalue weighted by atomic mass is 9.77. The first-order valence-corrected chi connectivity index (χ1v) is 7.74. The monoisotopic (exact) mass is 360 g/mol. The van der Waals surface area contributed by atoms with Gasteiger partial charge in [0.05, 0.1) is 11.6 Å². The minimum atomic E-state index is -0.0663. The number of nitrogens with two attached hydrogens (primary N) is 1. The zero-order chi connectivity index (χ0) is 15.0. The van der Waals surface area contributed by atoms with Gasteiger partial charge in [0.15, 0.2) is 0 Å². The highest BCUT2D eigenvalue weighted by atomic mass is 79.9. The number of amides is 1. The zero-order valence-electron chi connectivity index (χ0n) is 11.1. The third-order valence-corrected chi connectivity index (χ3v) is 4.57. The highest BCUT2D eigenvalue weighted by Crippen LogP contribution is 2.36. The molecule has 3 N–H and O–H groups in total. The summed E-state index contributed by atoms with van der Waals surface area (Å²) in [5, 5.41) is 2.95. The molecule has 2 aromatic carbocycles. The van der Waals surface area contributed by atoms with Crippen LogP contribution in [0.25, 0.3) is 0 Å². The van der Waals surface area contributed by atoms with Gasteiger partial charge in [-0.15, -0.1) is 0 Å². The molecule has 0 heterocycles. The molecule has 2 aromatic rings. The number of rotatable bonds is 3. The van der Waals surface area contributed by atoms with Gasteiger partial charge in [0.1, 0.15) is 4.99 Å². The summed E-state index contributed by atoms with van der Waals surface area (Å²) in [5.74, 6) is -0.0548. The summed E-state index contributed by atoms with van der Waals surface area (Å²) in [5.41, 5.74) is 9.45. The normalized spacial score (nSPS) is 15.8. The maximum atomic E-state index is 12.3. The van der Waals surface area contributed by atoms with E-state index in [2.05, 4.69) is 27.3 Å². The summed E-state index contributed by atoms with van der Waals surface area (Å²) in [6.07, 6.45) is 0.796. The molecule has 0 aromatic heterocycles. The van der Waals surface area contributed by atoms with Crippen molar-refractivity contribution in [2.75, 3.05) is 5.32 Å². The number of fused-ring (bicyclic) bond motifs is 1. The number of carbonyl (C=O) groups is 1. The van der Waals surface area contributed by atoms with Gasteiger partial charge < -0.3 is 11.1 Å². The van der Waals surface area contributed by atoms with Gasteiger partial charge in [0.25, 0.3) is 0 Å². The van der Waals surface area contributed by atoms with Crippen LogP contribution in [-0.4, -0.2) is 10.9 Å². The number of halogens is 1. The van der Waals surface area contributed by atoms with E-state index in [0.717, 1.165) is 27.7 Å². The number of nitrogens with one attached hydrogen (secondary N) is 1. The van der Waals surface area contributed by atoms with Crippen molar-refractivity contribution in [1.29, 1.82) is 0 Å². The van der Waals surface area contributed by atoms with Gasteiger partial charge in [-0.2, -0.15) is 0 Å². The number of hydrogen-bond acceptors (Lipinski definition) is 2. The van der Waals surface area contributed by atoms with Gasteiger partial charge in [-0.05, 0) is 51.7 Å². The van der Waals surface area contributed by atoms with Crippen molar-refractivity contribution in [3.63, 3.8) is 0 Å². The van der Waals surface area contributed by atoms with Crippen molar-refractivity contribution in [3.8, 4) is 0 Å². The van der Waals surface area contributed by atoms with Gasteiger partial charge in [-0.25, -0.2) is 0 Å². The van der Waals surface area contributed by atoms with Gasteiger partial charge in [0.2, 0.25) is 5.91 Å². The Hall–Kier alpha value is -1.72. The van der Waals surface area contributed by atoms with Crippen LogP contribution >= 0.6 is 28.1 Å². The fraction of sp³-hybridized carbons (Fsp3) is 0.125. The van der Waals surface area contributed by atoms with Crippen LogP contribution in [0.2, 0.25) is 0 Å². The van der Waals surface area contributed by atoms with Crippen LogP contribution in [0.5, 0.6) is 0 Å². The van der Waals surface area contributed by atoms with Crippen molar-refractivity contribution in [2.45, 2.75) is 12.3 Å². The molecular weight excluding hydrogens is 348 g/mol. The molecule has 0 spiro atoms. The molecule has 0 radical (unpaired) electrons. The van der Waals surface area contributed by atoms with Crippen molar-refractivity contribution in [2.24, 2.45) is 5.73 Å². The molecule has 1 unspecified atom stereocenters. The van der Waals surface area contributed by atoms with E-state index < -0.39 is 0 Å². The Balaban J connectivity index is 1.76. The van der Waals surface area contributed by atoms with Crippen LogP contribution in [-0.2, 0) is 11.2 Å². The highest BCUT2D eigenvalue weighted by molar-refractivity contribution is 9.10. The zero-order valence-corrected chi connectivity index (χ0v) is 13.5. The molecule has 0 aliphatic heterocycles. The predicted molar refractivity (Wildman–Crippen MR) is 91.5 cm³/mol. The van der Waals surface area contributed by atoms with E-state index in [1.165, 1.54) is 5.56 Å². The Labute approximate surface area is 136 Å². The third kappa shape index (κ3) is 2.71. The van der Waals surface area contributed by atoms with Gasteiger partial charge in [-0.1, -0.05) is 36.5 Å². The van der Waals surface area contributed by atoms with E-state index in [1.807, 2.05) is 24.3 Å².